The Morgan fingerprint density at radius 1 is 1.83 bits per heavy atom. The highest BCUT2D eigenvalue weighted by Crippen LogP contribution is 2.20. The van der Waals surface area contributed by atoms with Gasteiger partial charge in [-0.05, 0) is 32.9 Å². The van der Waals surface area contributed by atoms with Crippen LogP contribution in [0.5, 0.6) is 0 Å². The Kier molecular flexibility index (Phi) is 3.28. The Hall–Kier alpha value is 0.0900. The normalized spacial score (nSPS) is 15.8. The van der Waals surface area contributed by atoms with E-state index >= 15 is 0 Å². The van der Waals surface area contributed by atoms with E-state index in [0.29, 0.717) is 6.54 Å². The van der Waals surface area contributed by atoms with Crippen molar-refractivity contribution in [2.24, 2.45) is 0 Å². The lowest BCUT2D eigenvalue weighted by atomic mass is 10.4. The zero-order valence-corrected chi connectivity index (χ0v) is 9.68. The van der Waals surface area contributed by atoms with Gasteiger partial charge in [-0.25, -0.2) is 13.7 Å². The second kappa shape index (κ2) is 3.87. The summed E-state index contributed by atoms with van der Waals surface area (Å²) >= 11 is 4.90. The molecule has 0 saturated heterocycles. The summed E-state index contributed by atoms with van der Waals surface area (Å²) in [6, 6.07) is 1.95. The van der Waals surface area contributed by atoms with E-state index < -0.39 is 9.92 Å². The van der Waals surface area contributed by atoms with Crippen LogP contribution in [0, 0.1) is 4.78 Å². The van der Waals surface area contributed by atoms with E-state index in [4.69, 9.17) is 4.78 Å². The van der Waals surface area contributed by atoms with Crippen molar-refractivity contribution < 1.29 is 4.21 Å². The summed E-state index contributed by atoms with van der Waals surface area (Å²) in [6.07, 6.45) is 1.37. The molecule has 68 valence electrons. The molecule has 0 aromatic carbocycles. The maximum absolute atomic E-state index is 10.9. The Morgan fingerprint density at radius 3 is 2.92 bits per heavy atom. The summed E-state index contributed by atoms with van der Waals surface area (Å²) in [5.74, 6) is 0. The molecule has 1 heterocycles. The Balaban J connectivity index is 2.55. The molecular weight excluding hydrogens is 260 g/mol. The van der Waals surface area contributed by atoms with Gasteiger partial charge in [0.05, 0.1) is 3.79 Å². The van der Waals surface area contributed by atoms with Gasteiger partial charge in [-0.3, -0.25) is 0 Å². The summed E-state index contributed by atoms with van der Waals surface area (Å²) in [6.45, 7) is 0.487. The van der Waals surface area contributed by atoms with Crippen LogP contribution in [0.1, 0.15) is 5.56 Å². The van der Waals surface area contributed by atoms with Gasteiger partial charge in [0.15, 0.2) is 0 Å². The lowest BCUT2D eigenvalue weighted by molar-refractivity contribution is 0.667. The minimum absolute atomic E-state index is 0.487. The molecule has 0 bridgehead atoms. The van der Waals surface area contributed by atoms with E-state index in [1.54, 1.807) is 11.3 Å². The molecule has 0 fully saturated rings. The summed E-state index contributed by atoms with van der Waals surface area (Å²) in [5, 5.41) is 1.96. The lowest BCUT2D eigenvalue weighted by Gasteiger charge is -2.00. The van der Waals surface area contributed by atoms with Gasteiger partial charge >= 0.3 is 0 Å². The standard InChI is InChI=1S/C6H9BrN2OS2/c1-12(8,10)9-3-5-2-6(7)11-4-5/h2,4H,3H2,1H3,(H2,8,9,10). The molecule has 0 saturated carbocycles. The highest BCUT2D eigenvalue weighted by atomic mass is 79.9. The molecule has 1 aromatic heterocycles. The fourth-order valence-corrected chi connectivity index (χ4v) is 2.31. The van der Waals surface area contributed by atoms with Gasteiger partial charge in [-0.2, -0.15) is 0 Å². The molecule has 0 radical (unpaired) electrons. The van der Waals surface area contributed by atoms with Crippen molar-refractivity contribution in [1.82, 2.24) is 4.72 Å². The molecule has 0 amide bonds. The molecule has 0 aliphatic heterocycles. The molecule has 12 heavy (non-hydrogen) atoms. The predicted octanol–water partition coefficient (Wildman–Crippen LogP) is 2.19. The monoisotopic (exact) mass is 268 g/mol. The zero-order chi connectivity index (χ0) is 9.19. The van der Waals surface area contributed by atoms with Crippen molar-refractivity contribution in [3.05, 3.63) is 20.8 Å². The van der Waals surface area contributed by atoms with Crippen molar-refractivity contribution in [3.8, 4) is 0 Å². The minimum atomic E-state index is -2.57. The number of halogens is 1. The van der Waals surface area contributed by atoms with E-state index in [1.807, 2.05) is 11.4 Å². The minimum Gasteiger partial charge on any atom is -0.241 e. The number of rotatable bonds is 3. The quantitative estimate of drug-likeness (QED) is 0.868. The third kappa shape index (κ3) is 3.66. The van der Waals surface area contributed by atoms with Crippen LogP contribution < -0.4 is 4.72 Å². The molecule has 3 nitrogen and oxygen atoms in total. The molecule has 0 aliphatic carbocycles. The van der Waals surface area contributed by atoms with Crippen LogP contribution in [0.25, 0.3) is 0 Å². The largest absolute Gasteiger partial charge is 0.241 e. The molecule has 1 unspecified atom stereocenters. The summed E-state index contributed by atoms with van der Waals surface area (Å²) < 4.78 is 21.7. The number of nitrogens with one attached hydrogen (secondary N) is 2. The first-order chi connectivity index (χ1) is 5.47. The van der Waals surface area contributed by atoms with Crippen molar-refractivity contribution in [2.45, 2.75) is 6.54 Å². The fourth-order valence-electron chi connectivity index (χ4n) is 0.660. The Labute approximate surface area is 84.4 Å². The third-order valence-corrected chi connectivity index (χ3v) is 3.42. The molecule has 0 spiro atoms. The van der Waals surface area contributed by atoms with Crippen LogP contribution in [-0.2, 0) is 16.5 Å². The first-order valence-corrected chi connectivity index (χ1v) is 6.82. The zero-order valence-electron chi connectivity index (χ0n) is 6.46. The topological polar surface area (TPSA) is 53.0 Å². The van der Waals surface area contributed by atoms with Gasteiger partial charge in [-0.15, -0.1) is 11.3 Å². The number of hydrogen-bond acceptors (Lipinski definition) is 3. The van der Waals surface area contributed by atoms with Crippen molar-refractivity contribution in [3.63, 3.8) is 0 Å². The second-order valence-corrected chi connectivity index (χ2v) is 6.69. The molecule has 1 rings (SSSR count). The molecule has 0 aliphatic rings. The van der Waals surface area contributed by atoms with E-state index in [1.165, 1.54) is 6.26 Å². The highest BCUT2D eigenvalue weighted by Gasteiger charge is 1.99. The van der Waals surface area contributed by atoms with Crippen LogP contribution in [0.3, 0.4) is 0 Å². The Bertz CT molecular complexity index is 357. The van der Waals surface area contributed by atoms with Gasteiger partial charge in [-0.1, -0.05) is 0 Å². The maximum Gasteiger partial charge on any atom is 0.102 e. The highest BCUT2D eigenvalue weighted by molar-refractivity contribution is 9.11. The average Bonchev–Trinajstić information content (AvgIpc) is 2.30. The van der Waals surface area contributed by atoms with Crippen LogP contribution in [-0.4, -0.2) is 10.5 Å². The smallest absolute Gasteiger partial charge is 0.102 e. The first-order valence-electron chi connectivity index (χ1n) is 3.19. The SMILES string of the molecule is CS(=N)(=O)NCc1csc(Br)c1. The van der Waals surface area contributed by atoms with Gasteiger partial charge in [0.1, 0.15) is 9.92 Å². The molecule has 2 N–H and O–H groups in total. The van der Waals surface area contributed by atoms with Crippen molar-refractivity contribution in [1.29, 1.82) is 4.78 Å². The number of thiophene rings is 1. The van der Waals surface area contributed by atoms with Crippen molar-refractivity contribution in [2.75, 3.05) is 6.26 Å². The summed E-state index contributed by atoms with van der Waals surface area (Å²) in [4.78, 5) is 0. The van der Waals surface area contributed by atoms with E-state index in [9.17, 15) is 4.21 Å². The second-order valence-electron chi connectivity index (χ2n) is 2.42. The van der Waals surface area contributed by atoms with Crippen LogP contribution >= 0.6 is 27.3 Å². The average molecular weight is 269 g/mol. The third-order valence-electron chi connectivity index (χ3n) is 1.17. The molecule has 1 aromatic rings. The predicted molar refractivity (Wildman–Crippen MR) is 55.6 cm³/mol. The van der Waals surface area contributed by atoms with Gasteiger partial charge < -0.3 is 0 Å². The summed E-state index contributed by atoms with van der Waals surface area (Å²) in [5.41, 5.74) is 1.05. The molecular formula is C6H9BrN2OS2. The maximum atomic E-state index is 10.9. The lowest BCUT2D eigenvalue weighted by Crippen LogP contribution is -2.19. The summed E-state index contributed by atoms with van der Waals surface area (Å²) in [7, 11) is -2.57. The van der Waals surface area contributed by atoms with Crippen LogP contribution in [0.2, 0.25) is 0 Å². The first kappa shape index (κ1) is 10.2. The molecule has 6 heteroatoms. The Morgan fingerprint density at radius 2 is 2.50 bits per heavy atom. The van der Waals surface area contributed by atoms with Gasteiger partial charge in [0.2, 0.25) is 0 Å². The van der Waals surface area contributed by atoms with Crippen LogP contribution in [0.15, 0.2) is 15.2 Å². The van der Waals surface area contributed by atoms with Crippen molar-refractivity contribution >= 4 is 37.2 Å². The fraction of sp³-hybridized carbons (Fsp3) is 0.333. The van der Waals surface area contributed by atoms with E-state index in [0.717, 1.165) is 9.35 Å². The van der Waals surface area contributed by atoms with E-state index in [-0.39, 0.29) is 0 Å². The van der Waals surface area contributed by atoms with Gasteiger partial charge in [0, 0.05) is 12.8 Å². The molecule has 1 atom stereocenters. The van der Waals surface area contributed by atoms with E-state index in [2.05, 4.69) is 20.7 Å². The van der Waals surface area contributed by atoms with Gasteiger partial charge in [0.25, 0.3) is 0 Å². The van der Waals surface area contributed by atoms with Crippen LogP contribution in [0.4, 0.5) is 0 Å². The number of hydrogen-bond donors (Lipinski definition) is 2.